The van der Waals surface area contributed by atoms with Crippen molar-refractivity contribution >= 4 is 17.9 Å². The molecule has 0 fully saturated rings. The number of unbranched alkanes of at least 4 members (excludes halogenated alkanes) is 30. The largest absolute Gasteiger partial charge is 0.462 e. The molecule has 430 valence electrons. The van der Waals surface area contributed by atoms with Crippen molar-refractivity contribution in [3.05, 3.63) is 97.2 Å². The van der Waals surface area contributed by atoms with Crippen molar-refractivity contribution in [2.24, 2.45) is 0 Å². The molecule has 0 rings (SSSR count). The molecule has 6 heteroatoms. The van der Waals surface area contributed by atoms with Crippen LogP contribution in [0.15, 0.2) is 97.2 Å². The summed E-state index contributed by atoms with van der Waals surface area (Å²) in [6, 6.07) is 0. The number of hydrogen-bond acceptors (Lipinski definition) is 6. The molecule has 0 amide bonds. The lowest BCUT2D eigenvalue weighted by Crippen LogP contribution is -2.30. The Labute approximate surface area is 464 Å². The van der Waals surface area contributed by atoms with Crippen LogP contribution in [0.4, 0.5) is 0 Å². The van der Waals surface area contributed by atoms with Crippen LogP contribution in [-0.2, 0) is 28.6 Å². The quantitative estimate of drug-likeness (QED) is 0.0261. The molecule has 6 nitrogen and oxygen atoms in total. The van der Waals surface area contributed by atoms with Crippen LogP contribution in [0.5, 0.6) is 0 Å². The number of rotatable bonds is 57. The van der Waals surface area contributed by atoms with E-state index in [4.69, 9.17) is 14.2 Å². The molecular formula is C69H118O6. The second-order valence-electron chi connectivity index (χ2n) is 21.0. The summed E-state index contributed by atoms with van der Waals surface area (Å²) in [7, 11) is 0. The van der Waals surface area contributed by atoms with Crippen molar-refractivity contribution in [2.45, 2.75) is 309 Å². The zero-order valence-electron chi connectivity index (χ0n) is 49.3. The minimum absolute atomic E-state index is 0.0731. The fraction of sp³-hybridized carbons (Fsp3) is 0.725. The van der Waals surface area contributed by atoms with Gasteiger partial charge in [-0.1, -0.05) is 298 Å². The molecule has 0 radical (unpaired) electrons. The Morgan fingerprint density at radius 2 is 0.520 bits per heavy atom. The Balaban J connectivity index is 4.11. The maximum Gasteiger partial charge on any atom is 0.306 e. The zero-order chi connectivity index (χ0) is 54.3. The van der Waals surface area contributed by atoms with Crippen molar-refractivity contribution in [3.63, 3.8) is 0 Å². The van der Waals surface area contributed by atoms with Crippen LogP contribution in [-0.4, -0.2) is 37.2 Å². The van der Waals surface area contributed by atoms with Crippen molar-refractivity contribution in [2.75, 3.05) is 13.2 Å². The van der Waals surface area contributed by atoms with E-state index in [1.807, 2.05) is 0 Å². The Morgan fingerprint density at radius 1 is 0.280 bits per heavy atom. The van der Waals surface area contributed by atoms with Gasteiger partial charge in [0.2, 0.25) is 0 Å². The third kappa shape index (κ3) is 61.1. The molecule has 0 aromatic heterocycles. The fourth-order valence-corrected chi connectivity index (χ4v) is 8.87. The van der Waals surface area contributed by atoms with Gasteiger partial charge in [0.25, 0.3) is 0 Å². The SMILES string of the molecule is CC/C=C\C/C=C\C/C=C\C/C=C\C/C=C\C/C=C\C/C=C\C/C=C\CCCCCCCCCCCCC(=O)OCC(COC(=O)CCCCCCCCCCCCC)OC(=O)CCCCCCCCCCCCC. The van der Waals surface area contributed by atoms with Crippen LogP contribution in [0.25, 0.3) is 0 Å². The average Bonchev–Trinajstić information content (AvgIpc) is 3.41. The molecule has 75 heavy (non-hydrogen) atoms. The van der Waals surface area contributed by atoms with Gasteiger partial charge in [-0.25, -0.2) is 0 Å². The highest BCUT2D eigenvalue weighted by Gasteiger charge is 2.19. The molecule has 0 saturated carbocycles. The zero-order valence-corrected chi connectivity index (χ0v) is 49.3. The highest BCUT2D eigenvalue weighted by molar-refractivity contribution is 5.71. The molecule has 0 heterocycles. The van der Waals surface area contributed by atoms with Gasteiger partial charge in [-0.15, -0.1) is 0 Å². The van der Waals surface area contributed by atoms with Crippen LogP contribution in [0.3, 0.4) is 0 Å². The number of ether oxygens (including phenoxy) is 3. The van der Waals surface area contributed by atoms with Gasteiger partial charge in [0.05, 0.1) is 0 Å². The second kappa shape index (κ2) is 62.9. The van der Waals surface area contributed by atoms with Crippen LogP contribution < -0.4 is 0 Å². The van der Waals surface area contributed by atoms with Crippen molar-refractivity contribution in [3.8, 4) is 0 Å². The fourth-order valence-electron chi connectivity index (χ4n) is 8.87. The van der Waals surface area contributed by atoms with Gasteiger partial charge in [0.1, 0.15) is 13.2 Å². The van der Waals surface area contributed by atoms with E-state index in [1.54, 1.807) is 0 Å². The summed E-state index contributed by atoms with van der Waals surface area (Å²) in [5.41, 5.74) is 0. The third-order valence-electron chi connectivity index (χ3n) is 13.6. The normalized spacial score (nSPS) is 12.7. The van der Waals surface area contributed by atoms with Gasteiger partial charge >= 0.3 is 17.9 Å². The lowest BCUT2D eigenvalue weighted by atomic mass is 10.0. The van der Waals surface area contributed by atoms with E-state index in [-0.39, 0.29) is 31.1 Å². The van der Waals surface area contributed by atoms with E-state index in [9.17, 15) is 14.4 Å². The van der Waals surface area contributed by atoms with Crippen LogP contribution in [0, 0.1) is 0 Å². The molecule has 0 spiro atoms. The number of esters is 3. The second-order valence-corrected chi connectivity index (χ2v) is 21.0. The molecule has 0 aliphatic heterocycles. The maximum atomic E-state index is 12.8. The molecule has 0 saturated heterocycles. The highest BCUT2D eigenvalue weighted by Crippen LogP contribution is 2.16. The molecule has 0 N–H and O–H groups in total. The van der Waals surface area contributed by atoms with Gasteiger partial charge in [0.15, 0.2) is 6.10 Å². The minimum Gasteiger partial charge on any atom is -0.462 e. The number of carbonyl (C=O) groups is 3. The summed E-state index contributed by atoms with van der Waals surface area (Å²) >= 11 is 0. The smallest absolute Gasteiger partial charge is 0.306 e. The summed E-state index contributed by atoms with van der Waals surface area (Å²) in [5, 5.41) is 0. The first-order valence-electron chi connectivity index (χ1n) is 31.7. The number of carbonyl (C=O) groups excluding carboxylic acids is 3. The Morgan fingerprint density at radius 3 is 0.813 bits per heavy atom. The topological polar surface area (TPSA) is 78.9 Å². The van der Waals surface area contributed by atoms with Crippen molar-refractivity contribution in [1.29, 1.82) is 0 Å². The first-order valence-corrected chi connectivity index (χ1v) is 31.7. The summed E-state index contributed by atoms with van der Waals surface area (Å²) in [5.74, 6) is -0.870. The molecule has 1 unspecified atom stereocenters. The summed E-state index contributed by atoms with van der Waals surface area (Å²) < 4.78 is 16.8. The number of hydrogen-bond donors (Lipinski definition) is 0. The van der Waals surface area contributed by atoms with E-state index in [2.05, 4.69) is 118 Å². The standard InChI is InChI=1S/C69H118O6/c1-4-7-10-13-16-19-22-23-24-25-26-27-28-29-30-31-32-33-34-35-36-37-38-39-40-41-42-43-44-45-48-50-53-56-59-62-68(71)74-65-66(75-69(72)63-60-57-54-51-47-21-18-15-12-9-6-3)64-73-67(70)61-58-55-52-49-46-20-17-14-11-8-5-2/h7,10,16,19,23-24,26-27,29-30,32-33,35-36,38-39,66H,4-6,8-9,11-15,17-18,20-22,25,28,31,34,37,40-65H2,1-3H3/b10-7-,19-16-,24-23-,27-26-,30-29-,33-32-,36-35-,39-38-. The Kier molecular flexibility index (Phi) is 59.8. The van der Waals surface area contributed by atoms with Gasteiger partial charge in [0, 0.05) is 19.3 Å². The average molecular weight is 1040 g/mol. The van der Waals surface area contributed by atoms with Gasteiger partial charge in [-0.2, -0.15) is 0 Å². The van der Waals surface area contributed by atoms with Crippen LogP contribution in [0.1, 0.15) is 303 Å². The highest BCUT2D eigenvalue weighted by atomic mass is 16.6. The molecular weight excluding hydrogens is 925 g/mol. The summed E-state index contributed by atoms with van der Waals surface area (Å²) in [6.45, 7) is 6.52. The van der Waals surface area contributed by atoms with E-state index in [1.165, 1.54) is 154 Å². The number of allylic oxidation sites excluding steroid dienone is 16. The van der Waals surface area contributed by atoms with Crippen LogP contribution >= 0.6 is 0 Å². The van der Waals surface area contributed by atoms with E-state index in [0.29, 0.717) is 19.3 Å². The van der Waals surface area contributed by atoms with E-state index >= 15 is 0 Å². The molecule has 0 aromatic rings. The molecule has 0 bridgehead atoms. The van der Waals surface area contributed by atoms with Gasteiger partial charge in [-0.3, -0.25) is 14.4 Å². The molecule has 0 aliphatic rings. The maximum absolute atomic E-state index is 12.8. The summed E-state index contributed by atoms with van der Waals surface area (Å²) in [6.07, 6.45) is 84.3. The first kappa shape index (κ1) is 71.3. The first-order chi connectivity index (χ1) is 37.0. The third-order valence-corrected chi connectivity index (χ3v) is 13.6. The van der Waals surface area contributed by atoms with Gasteiger partial charge in [-0.05, 0) is 83.5 Å². The van der Waals surface area contributed by atoms with Crippen molar-refractivity contribution in [1.82, 2.24) is 0 Å². The summed E-state index contributed by atoms with van der Waals surface area (Å²) in [4.78, 5) is 38.1. The Bertz CT molecular complexity index is 1480. The van der Waals surface area contributed by atoms with Crippen LogP contribution in [0.2, 0.25) is 0 Å². The van der Waals surface area contributed by atoms with Crippen molar-refractivity contribution < 1.29 is 28.6 Å². The predicted molar refractivity (Wildman–Crippen MR) is 325 cm³/mol. The minimum atomic E-state index is -0.773. The monoisotopic (exact) mass is 1040 g/mol. The lowest BCUT2D eigenvalue weighted by molar-refractivity contribution is -0.167. The van der Waals surface area contributed by atoms with E-state index < -0.39 is 6.10 Å². The molecule has 0 aliphatic carbocycles. The van der Waals surface area contributed by atoms with Gasteiger partial charge < -0.3 is 14.2 Å². The Hall–Kier alpha value is -3.67. The predicted octanol–water partition coefficient (Wildman–Crippen LogP) is 21.7. The molecule has 1 atom stereocenters. The van der Waals surface area contributed by atoms with E-state index in [0.717, 1.165) is 109 Å². The lowest BCUT2D eigenvalue weighted by Gasteiger charge is -2.18. The molecule has 0 aromatic carbocycles.